The number of nitrogens with one attached hydrogen (secondary N) is 3. The maximum Gasteiger partial charge on any atom is 0.408 e. The van der Waals surface area contributed by atoms with Crippen molar-refractivity contribution in [1.82, 2.24) is 25.2 Å². The number of benzene rings is 1. The number of ether oxygens (including phenoxy) is 2. The summed E-state index contributed by atoms with van der Waals surface area (Å²) in [5.41, 5.74) is 0.817. The number of allylic oxidation sites excluding steroid dienone is 1. The Bertz CT molecular complexity index is 2140. The Kier molecular flexibility index (Phi) is 11.9. The number of alkyl carbamates (subject to hydrolysis) is 1. The molecule has 0 radical (unpaired) electrons. The number of rotatable bonds is 9. The number of halogens is 2. The minimum Gasteiger partial charge on any atom is -0.483 e. The van der Waals surface area contributed by atoms with Gasteiger partial charge >= 0.3 is 6.09 Å². The van der Waals surface area contributed by atoms with Gasteiger partial charge in [0.1, 0.15) is 40.9 Å². The lowest BCUT2D eigenvalue weighted by Gasteiger charge is -2.41. The number of sulfonamides is 1. The topological polar surface area (TPSA) is 173 Å². The van der Waals surface area contributed by atoms with E-state index in [1.165, 1.54) is 11.0 Å². The molecule has 314 valence electrons. The van der Waals surface area contributed by atoms with Gasteiger partial charge in [-0.25, -0.2) is 22.6 Å². The average molecular weight is 934 g/mol. The van der Waals surface area contributed by atoms with Crippen LogP contribution in [-0.4, -0.2) is 85.8 Å². The number of aryl methyl sites for hydroxylation is 1. The fourth-order valence-corrected chi connectivity index (χ4v) is 12.9. The molecule has 2 aromatic rings. The fraction of sp³-hybridized carbons (Fsp3) is 0.619. The molecule has 58 heavy (non-hydrogen) atoms. The molecule has 1 aromatic carbocycles. The fourth-order valence-electron chi connectivity index (χ4n) is 8.78. The molecular weight excluding hydrogens is 880 g/mol. The number of unbranched alkanes of at least 4 members (excludes halogenated alkanes) is 2. The van der Waals surface area contributed by atoms with Crippen molar-refractivity contribution in [3.05, 3.63) is 47.4 Å². The summed E-state index contributed by atoms with van der Waals surface area (Å²) in [4.78, 5) is 63.3. The third-order valence-electron chi connectivity index (χ3n) is 12.5. The minimum atomic E-state index is -3.98. The van der Waals surface area contributed by atoms with Crippen LogP contribution in [0.2, 0.25) is 0 Å². The lowest BCUT2D eigenvalue weighted by Crippen LogP contribution is -2.66. The van der Waals surface area contributed by atoms with Crippen LogP contribution in [0, 0.1) is 11.7 Å². The van der Waals surface area contributed by atoms with E-state index in [0.29, 0.717) is 67.3 Å². The molecule has 1 aromatic heterocycles. The standard InChI is InChI=1S/C42H53FIN5O8S/c1-2-3-9-22-58(54,55)48-39(52)42-27(24-44-42)12-7-5-4-6-8-17-32(45-40(53)56-28-13-10-14-28)38(51)49-25-41(23-33(49)37(50)47-42)21-20-30-29-15-11-16-31(43)35(29)46-34(26-18-19-26)36(30)57-41/h7,11-12,15-16,24,26-28,32-33H,2-6,8-10,13-14,17-23,25H2,1H3,(H,45,53)(H,47,50)(H,48,52)/b12-7-/t27-,32+,33+,41-,42-/m1/s1. The summed E-state index contributed by atoms with van der Waals surface area (Å²) in [6.07, 6.45) is 13.4. The molecule has 1 spiro atoms. The molecule has 8 rings (SSSR count). The van der Waals surface area contributed by atoms with E-state index >= 15 is 4.39 Å². The predicted molar refractivity (Wildman–Crippen MR) is 225 cm³/mol. The Labute approximate surface area is 348 Å². The number of nitrogens with zero attached hydrogens (tertiary/aromatic N) is 2. The van der Waals surface area contributed by atoms with E-state index in [0.717, 1.165) is 56.9 Å². The zero-order valence-corrected chi connectivity index (χ0v) is 35.9. The summed E-state index contributed by atoms with van der Waals surface area (Å²) >= 11 is -1.15. The van der Waals surface area contributed by atoms with Crippen molar-refractivity contribution in [2.24, 2.45) is 5.92 Å². The largest absolute Gasteiger partial charge is 0.483 e. The first-order valence-electron chi connectivity index (χ1n) is 21.0. The van der Waals surface area contributed by atoms with Crippen LogP contribution < -0.4 is 20.1 Å². The first-order valence-corrected chi connectivity index (χ1v) is 25.0. The third kappa shape index (κ3) is 8.37. The first-order chi connectivity index (χ1) is 27.9. The van der Waals surface area contributed by atoms with Gasteiger partial charge in [0.15, 0.2) is 3.55 Å². The molecule has 3 fully saturated rings. The van der Waals surface area contributed by atoms with Crippen molar-refractivity contribution in [3.63, 3.8) is 0 Å². The van der Waals surface area contributed by atoms with E-state index in [9.17, 15) is 27.6 Å². The van der Waals surface area contributed by atoms with Crippen LogP contribution in [0.4, 0.5) is 9.18 Å². The number of carbonyl (C=O) groups excluding carboxylic acids is 4. The molecule has 4 amide bonds. The molecule has 4 aliphatic heterocycles. The van der Waals surface area contributed by atoms with E-state index in [1.807, 2.05) is 29.2 Å². The van der Waals surface area contributed by atoms with E-state index < -0.39 is 87.5 Å². The molecule has 5 atom stereocenters. The van der Waals surface area contributed by atoms with Gasteiger partial charge in [0.2, 0.25) is 21.8 Å². The van der Waals surface area contributed by atoms with Gasteiger partial charge in [-0.3, -0.25) is 19.1 Å². The van der Waals surface area contributed by atoms with E-state index in [1.54, 1.807) is 6.07 Å². The van der Waals surface area contributed by atoms with E-state index in [-0.39, 0.29) is 30.7 Å². The summed E-state index contributed by atoms with van der Waals surface area (Å²) in [6, 6.07) is 2.81. The monoisotopic (exact) mass is 933 g/mol. The maximum absolute atomic E-state index is 15.1. The number of hydrogen-bond acceptors (Lipinski definition) is 9. The number of alkyl halides is 1. The number of carbonyl (C=O) groups is 4. The number of pyridine rings is 1. The highest BCUT2D eigenvalue weighted by Gasteiger charge is 2.57. The van der Waals surface area contributed by atoms with Gasteiger partial charge in [-0.1, -0.05) is 77.6 Å². The second-order valence-electron chi connectivity index (χ2n) is 16.8. The maximum atomic E-state index is 15.1. The number of hydrogen-bond donors (Lipinski definition) is 3. The highest BCUT2D eigenvalue weighted by Crippen LogP contribution is 2.51. The summed E-state index contributed by atoms with van der Waals surface area (Å²) in [5.74, 6) is -2.25. The van der Waals surface area contributed by atoms with Crippen LogP contribution in [0.1, 0.15) is 120 Å². The Balaban J connectivity index is 1.14. The summed E-state index contributed by atoms with van der Waals surface area (Å²) < 4.78 is 56.8. The summed E-state index contributed by atoms with van der Waals surface area (Å²) in [5, 5.41) is 6.53. The molecule has 2 saturated carbocycles. The van der Waals surface area contributed by atoms with Crippen LogP contribution in [0.15, 0.2) is 30.4 Å². The van der Waals surface area contributed by atoms with Crippen LogP contribution >= 0.6 is 20.7 Å². The summed E-state index contributed by atoms with van der Waals surface area (Å²) in [7, 11) is -3.98. The second-order valence-corrected chi connectivity index (χ2v) is 21.7. The molecule has 13 nitrogen and oxygen atoms in total. The predicted octanol–water partition coefficient (Wildman–Crippen LogP) is 5.94. The van der Waals surface area contributed by atoms with Gasteiger partial charge in [-0.15, -0.1) is 0 Å². The van der Waals surface area contributed by atoms with Crippen molar-refractivity contribution in [3.8, 4) is 5.75 Å². The lowest BCUT2D eigenvalue weighted by atomic mass is 9.86. The number of para-hydroxylation sites is 1. The number of aromatic nitrogens is 1. The van der Waals surface area contributed by atoms with Gasteiger partial charge < -0.3 is 25.0 Å². The van der Waals surface area contributed by atoms with Gasteiger partial charge in [-0.2, -0.15) is 0 Å². The van der Waals surface area contributed by atoms with Crippen LogP contribution in [0.25, 0.3) is 10.9 Å². The molecule has 2 aliphatic carbocycles. The second kappa shape index (κ2) is 16.8. The smallest absolute Gasteiger partial charge is 0.408 e. The molecule has 0 bridgehead atoms. The highest BCUT2D eigenvalue weighted by atomic mass is 127. The molecule has 1 saturated heterocycles. The van der Waals surface area contributed by atoms with E-state index in [2.05, 4.69) is 15.4 Å². The Morgan fingerprint density at radius 2 is 1.93 bits per heavy atom. The molecule has 3 N–H and O–H groups in total. The molecule has 5 heterocycles. The van der Waals surface area contributed by atoms with Crippen molar-refractivity contribution in [2.45, 2.75) is 143 Å². The zero-order valence-electron chi connectivity index (χ0n) is 32.9. The van der Waals surface area contributed by atoms with Crippen molar-refractivity contribution in [2.75, 3.05) is 12.3 Å². The quantitative estimate of drug-likeness (QED) is 0.0906. The normalized spacial score (nSPS) is 29.5. The van der Waals surface area contributed by atoms with Gasteiger partial charge in [-0.05, 0) is 80.7 Å². The molecule has 6 aliphatic rings. The van der Waals surface area contributed by atoms with Crippen molar-refractivity contribution < 1.29 is 41.5 Å². The number of amides is 4. The average Bonchev–Trinajstić information content (AvgIpc) is 3.95. The van der Waals surface area contributed by atoms with Crippen LogP contribution in [0.5, 0.6) is 5.75 Å². The Morgan fingerprint density at radius 3 is 2.66 bits per heavy atom. The Hall–Kier alpha value is -3.67. The minimum absolute atomic E-state index is 0.0278. The third-order valence-corrected chi connectivity index (χ3v) is 17.4. The van der Waals surface area contributed by atoms with Gasteiger partial charge in [0, 0.05) is 29.2 Å². The SMILES string of the molecule is CCCCCS(=O)(=O)NC(=O)[C@]12NC(=O)[C@@H]3C[C@]4(CCc5c(c(C6CC6)nc6c(F)cccc56)O4)CN3C(=O)[C@@H](NC(=O)OC3CCC3)CCCCC/C=C\[C@@H]1C=I2. The highest BCUT2D eigenvalue weighted by molar-refractivity contribution is 14.2. The Morgan fingerprint density at radius 1 is 1.10 bits per heavy atom. The summed E-state index contributed by atoms with van der Waals surface area (Å²) in [6.45, 7) is 1.99. The van der Waals surface area contributed by atoms with Crippen molar-refractivity contribution >= 4 is 69.5 Å². The first kappa shape index (κ1) is 41.1. The van der Waals surface area contributed by atoms with Crippen LogP contribution in [0.3, 0.4) is 0 Å². The molecular formula is C42H53FIN5O8S. The molecule has 16 heteroatoms. The lowest BCUT2D eigenvalue weighted by molar-refractivity contribution is -0.141. The van der Waals surface area contributed by atoms with E-state index in [4.69, 9.17) is 14.5 Å². The zero-order chi connectivity index (χ0) is 40.7. The van der Waals surface area contributed by atoms with Gasteiger partial charge in [0.05, 0.1) is 18.0 Å². The number of fused-ring (bicyclic) bond motifs is 5. The van der Waals surface area contributed by atoms with Crippen molar-refractivity contribution in [1.29, 1.82) is 0 Å². The van der Waals surface area contributed by atoms with Crippen LogP contribution in [-0.2, 0) is 35.6 Å². The molecule has 0 unspecified atom stereocenters. The van der Waals surface area contributed by atoms with Gasteiger partial charge in [0.25, 0.3) is 5.91 Å².